The van der Waals surface area contributed by atoms with E-state index in [1.54, 1.807) is 0 Å². The molecule has 130 valence electrons. The number of amidine groups is 1. The summed E-state index contributed by atoms with van der Waals surface area (Å²) in [6.45, 7) is 7.97. The second-order valence-electron chi connectivity index (χ2n) is 7.53. The van der Waals surface area contributed by atoms with Crippen LogP contribution in [0.25, 0.3) is 0 Å². The molecule has 6 nitrogen and oxygen atoms in total. The minimum atomic E-state index is -0.468. The smallest absolute Gasteiger partial charge is 0.264 e. The number of hydrogen-bond donors (Lipinski definition) is 1. The maximum absolute atomic E-state index is 12.5. The highest BCUT2D eigenvalue weighted by atomic mass is 16.5. The standard InChI is InChI=1S/C17H29N3O3/c1-17(2,3)14(21)11-15(18)19-16(22)13-5-4-8-20(13)12-6-9-23-10-7-12/h12-13H,4-11H2,1-3H3,(H2,18,19,22). The number of ether oxygens (including phenoxy) is 1. The predicted molar refractivity (Wildman–Crippen MR) is 89.3 cm³/mol. The van der Waals surface area contributed by atoms with Crippen molar-refractivity contribution in [1.82, 2.24) is 4.90 Å². The van der Waals surface area contributed by atoms with Crippen LogP contribution in [-0.2, 0) is 14.3 Å². The quantitative estimate of drug-likeness (QED) is 0.626. The molecule has 0 aromatic carbocycles. The van der Waals surface area contributed by atoms with E-state index in [0.717, 1.165) is 45.4 Å². The van der Waals surface area contributed by atoms with Crippen molar-refractivity contribution in [2.45, 2.75) is 65.0 Å². The monoisotopic (exact) mass is 323 g/mol. The summed E-state index contributed by atoms with van der Waals surface area (Å²) >= 11 is 0. The van der Waals surface area contributed by atoms with Gasteiger partial charge in [-0.2, -0.15) is 4.99 Å². The van der Waals surface area contributed by atoms with Gasteiger partial charge in [-0.25, -0.2) is 0 Å². The molecule has 1 unspecified atom stereocenters. The molecule has 2 rings (SSSR count). The normalized spacial score (nSPS) is 24.8. The Labute approximate surface area is 138 Å². The van der Waals surface area contributed by atoms with Gasteiger partial charge in [0.1, 0.15) is 11.6 Å². The van der Waals surface area contributed by atoms with Gasteiger partial charge < -0.3 is 10.5 Å². The fourth-order valence-electron chi connectivity index (χ4n) is 3.19. The van der Waals surface area contributed by atoms with Gasteiger partial charge in [0, 0.05) is 24.7 Å². The average molecular weight is 323 g/mol. The third-order valence-corrected chi connectivity index (χ3v) is 4.67. The number of carbonyl (C=O) groups is 2. The summed E-state index contributed by atoms with van der Waals surface area (Å²) in [6, 6.07) is 0.203. The molecule has 0 aromatic rings. The Morgan fingerprint density at radius 3 is 2.48 bits per heavy atom. The molecule has 0 spiro atoms. The van der Waals surface area contributed by atoms with Crippen LogP contribution < -0.4 is 5.73 Å². The Kier molecular flexibility index (Phi) is 5.92. The lowest BCUT2D eigenvalue weighted by Gasteiger charge is -2.34. The third-order valence-electron chi connectivity index (χ3n) is 4.67. The zero-order valence-electron chi connectivity index (χ0n) is 14.5. The lowest BCUT2D eigenvalue weighted by atomic mass is 9.89. The second-order valence-corrected chi connectivity index (χ2v) is 7.53. The van der Waals surface area contributed by atoms with E-state index in [2.05, 4.69) is 9.89 Å². The van der Waals surface area contributed by atoms with Gasteiger partial charge in [0.2, 0.25) is 0 Å². The van der Waals surface area contributed by atoms with Crippen molar-refractivity contribution in [3.63, 3.8) is 0 Å². The Balaban J connectivity index is 1.98. The highest BCUT2D eigenvalue weighted by Crippen LogP contribution is 2.26. The Hall–Kier alpha value is -1.27. The SMILES string of the molecule is CC(C)(C)C(=O)CC(N)=NC(=O)C1CCCN1C1CCOCC1. The minimum absolute atomic E-state index is 0.000688. The lowest BCUT2D eigenvalue weighted by molar-refractivity contribution is -0.125. The number of hydrogen-bond acceptors (Lipinski definition) is 4. The molecule has 1 atom stereocenters. The molecular formula is C17H29N3O3. The van der Waals surface area contributed by atoms with E-state index in [4.69, 9.17) is 10.5 Å². The molecule has 2 N–H and O–H groups in total. The molecule has 0 bridgehead atoms. The van der Waals surface area contributed by atoms with Crippen molar-refractivity contribution in [2.24, 2.45) is 16.1 Å². The molecule has 2 saturated heterocycles. The van der Waals surface area contributed by atoms with Crippen LogP contribution in [0.2, 0.25) is 0 Å². The number of Topliss-reactive ketones (excluding diaryl/α,β-unsaturated/α-hetero) is 1. The number of carbonyl (C=O) groups excluding carboxylic acids is 2. The summed E-state index contributed by atoms with van der Waals surface area (Å²) in [6.07, 6.45) is 3.79. The van der Waals surface area contributed by atoms with E-state index in [0.29, 0.717) is 6.04 Å². The van der Waals surface area contributed by atoms with Gasteiger partial charge in [-0.3, -0.25) is 14.5 Å². The van der Waals surface area contributed by atoms with Gasteiger partial charge >= 0.3 is 0 Å². The molecule has 0 aromatic heterocycles. The van der Waals surface area contributed by atoms with Crippen molar-refractivity contribution in [2.75, 3.05) is 19.8 Å². The summed E-state index contributed by atoms with van der Waals surface area (Å²) in [5.41, 5.74) is 5.37. The van der Waals surface area contributed by atoms with Crippen LogP contribution in [0, 0.1) is 5.41 Å². The van der Waals surface area contributed by atoms with Crippen LogP contribution in [-0.4, -0.2) is 54.3 Å². The van der Waals surface area contributed by atoms with Crippen molar-refractivity contribution >= 4 is 17.5 Å². The zero-order valence-corrected chi connectivity index (χ0v) is 14.5. The van der Waals surface area contributed by atoms with E-state index in [9.17, 15) is 9.59 Å². The predicted octanol–water partition coefficient (Wildman–Crippen LogP) is 1.52. The molecule has 2 aliphatic rings. The third kappa shape index (κ3) is 4.85. The molecule has 0 radical (unpaired) electrons. The number of ketones is 1. The maximum Gasteiger partial charge on any atom is 0.264 e. The van der Waals surface area contributed by atoms with Gasteiger partial charge in [-0.05, 0) is 32.2 Å². The molecule has 1 amide bonds. The van der Waals surface area contributed by atoms with Crippen molar-refractivity contribution < 1.29 is 14.3 Å². The summed E-state index contributed by atoms with van der Waals surface area (Å²) < 4.78 is 5.40. The number of nitrogens with zero attached hydrogens (tertiary/aromatic N) is 2. The molecular weight excluding hydrogens is 294 g/mol. The molecule has 2 aliphatic heterocycles. The topological polar surface area (TPSA) is 85.0 Å². The minimum Gasteiger partial charge on any atom is -0.387 e. The fraction of sp³-hybridized carbons (Fsp3) is 0.824. The lowest BCUT2D eigenvalue weighted by Crippen LogP contribution is -2.45. The first-order chi connectivity index (χ1) is 10.8. The molecule has 0 aliphatic carbocycles. The summed E-state index contributed by atoms with van der Waals surface area (Å²) in [4.78, 5) is 30.8. The Bertz CT molecular complexity index is 476. The second kappa shape index (κ2) is 7.53. The van der Waals surface area contributed by atoms with E-state index in [-0.39, 0.29) is 30.0 Å². The first-order valence-corrected chi connectivity index (χ1v) is 8.52. The number of nitrogens with two attached hydrogens (primary N) is 1. The van der Waals surface area contributed by atoms with Crippen LogP contribution in [0.4, 0.5) is 0 Å². The van der Waals surface area contributed by atoms with Crippen LogP contribution in [0.5, 0.6) is 0 Å². The van der Waals surface area contributed by atoms with Crippen LogP contribution in [0.15, 0.2) is 4.99 Å². The highest BCUT2D eigenvalue weighted by molar-refractivity contribution is 6.06. The van der Waals surface area contributed by atoms with E-state index < -0.39 is 5.41 Å². The molecule has 6 heteroatoms. The first kappa shape index (κ1) is 18.1. The van der Waals surface area contributed by atoms with Gasteiger partial charge in [-0.1, -0.05) is 20.8 Å². The molecule has 2 fully saturated rings. The number of aliphatic imine (C=N–C) groups is 1. The Morgan fingerprint density at radius 1 is 1.22 bits per heavy atom. The van der Waals surface area contributed by atoms with Crippen molar-refractivity contribution in [3.8, 4) is 0 Å². The maximum atomic E-state index is 12.5. The fourth-order valence-corrected chi connectivity index (χ4v) is 3.19. The average Bonchev–Trinajstić information content (AvgIpc) is 2.96. The van der Waals surface area contributed by atoms with E-state index in [1.807, 2.05) is 20.8 Å². The van der Waals surface area contributed by atoms with Crippen LogP contribution in [0.1, 0.15) is 52.9 Å². The van der Waals surface area contributed by atoms with Crippen LogP contribution in [0.3, 0.4) is 0 Å². The van der Waals surface area contributed by atoms with Gasteiger partial charge in [0.05, 0.1) is 12.5 Å². The summed E-state index contributed by atoms with van der Waals surface area (Å²) in [7, 11) is 0. The van der Waals surface area contributed by atoms with Gasteiger partial charge in [0.15, 0.2) is 0 Å². The van der Waals surface area contributed by atoms with Gasteiger partial charge in [-0.15, -0.1) is 0 Å². The van der Waals surface area contributed by atoms with Crippen molar-refractivity contribution in [1.29, 1.82) is 0 Å². The first-order valence-electron chi connectivity index (χ1n) is 8.52. The molecule has 23 heavy (non-hydrogen) atoms. The largest absolute Gasteiger partial charge is 0.387 e. The number of likely N-dealkylation sites (tertiary alicyclic amines) is 1. The molecule has 0 saturated carbocycles. The zero-order chi connectivity index (χ0) is 17.0. The van der Waals surface area contributed by atoms with Crippen molar-refractivity contribution in [3.05, 3.63) is 0 Å². The van der Waals surface area contributed by atoms with Gasteiger partial charge in [0.25, 0.3) is 5.91 Å². The number of rotatable bonds is 4. The summed E-state index contributed by atoms with van der Waals surface area (Å²) in [5.74, 6) is -0.0683. The van der Waals surface area contributed by atoms with Crippen LogP contribution >= 0.6 is 0 Å². The molecule has 2 heterocycles. The van der Waals surface area contributed by atoms with E-state index in [1.165, 1.54) is 0 Å². The summed E-state index contributed by atoms with van der Waals surface area (Å²) in [5, 5.41) is 0. The number of amides is 1. The Morgan fingerprint density at radius 2 is 1.87 bits per heavy atom. The van der Waals surface area contributed by atoms with E-state index >= 15 is 0 Å². The highest BCUT2D eigenvalue weighted by Gasteiger charge is 2.36.